The lowest BCUT2D eigenvalue weighted by molar-refractivity contribution is 0.0943. The zero-order chi connectivity index (χ0) is 14.2. The zero-order valence-corrected chi connectivity index (χ0v) is 12.2. The molecule has 0 spiro atoms. The lowest BCUT2D eigenvalue weighted by atomic mass is 10.1. The molecule has 0 aliphatic heterocycles. The molecule has 0 saturated heterocycles. The summed E-state index contributed by atoms with van der Waals surface area (Å²) in [6.07, 6.45) is 0. The predicted octanol–water partition coefficient (Wildman–Crippen LogP) is 3.06. The van der Waals surface area contributed by atoms with Crippen molar-refractivity contribution in [1.82, 2.24) is 14.9 Å². The average Bonchev–Trinajstić information content (AvgIpc) is 2.62. The minimum Gasteiger partial charge on any atom is -0.350 e. The number of imidazole rings is 1. The lowest BCUT2D eigenvalue weighted by Crippen LogP contribution is -2.29. The Balaban J connectivity index is 2.45. The van der Waals surface area contributed by atoms with E-state index in [1.165, 1.54) is 0 Å². The Labute approximate surface area is 113 Å². The van der Waals surface area contributed by atoms with Crippen molar-refractivity contribution < 1.29 is 4.79 Å². The van der Waals surface area contributed by atoms with E-state index in [-0.39, 0.29) is 11.9 Å². The Morgan fingerprint density at radius 1 is 1.26 bits per heavy atom. The average molecular weight is 259 g/mol. The first kappa shape index (κ1) is 13.6. The molecule has 19 heavy (non-hydrogen) atoms. The Morgan fingerprint density at radius 3 is 2.53 bits per heavy atom. The van der Waals surface area contributed by atoms with Gasteiger partial charge in [-0.25, -0.2) is 4.98 Å². The highest BCUT2D eigenvalue weighted by molar-refractivity contribution is 5.97. The van der Waals surface area contributed by atoms with E-state index in [0.29, 0.717) is 11.6 Å². The molecule has 0 fully saturated rings. The first-order valence-corrected chi connectivity index (χ1v) is 6.69. The van der Waals surface area contributed by atoms with Crippen molar-refractivity contribution in [3.63, 3.8) is 0 Å². The van der Waals surface area contributed by atoms with Crippen molar-refractivity contribution in [3.8, 4) is 0 Å². The molecule has 0 radical (unpaired) electrons. The molecule has 1 N–H and O–H groups in total. The SMILES string of the molecule is Cc1nc2cc(C(=O)NC(C)C)ccc2n1C(C)C. The molecule has 2 aromatic rings. The van der Waals surface area contributed by atoms with Gasteiger partial charge in [-0.3, -0.25) is 4.79 Å². The summed E-state index contributed by atoms with van der Waals surface area (Å²) in [4.78, 5) is 16.5. The summed E-state index contributed by atoms with van der Waals surface area (Å²) in [6.45, 7) is 10.2. The van der Waals surface area contributed by atoms with Gasteiger partial charge >= 0.3 is 0 Å². The molecule has 0 atom stereocenters. The molecular weight excluding hydrogens is 238 g/mol. The van der Waals surface area contributed by atoms with E-state index in [2.05, 4.69) is 28.7 Å². The summed E-state index contributed by atoms with van der Waals surface area (Å²) in [5, 5.41) is 2.89. The number of fused-ring (bicyclic) bond motifs is 1. The number of aromatic nitrogens is 2. The third-order valence-electron chi connectivity index (χ3n) is 3.06. The smallest absolute Gasteiger partial charge is 0.251 e. The predicted molar refractivity (Wildman–Crippen MR) is 77.5 cm³/mol. The Hall–Kier alpha value is -1.84. The lowest BCUT2D eigenvalue weighted by Gasteiger charge is -2.11. The van der Waals surface area contributed by atoms with E-state index >= 15 is 0 Å². The fourth-order valence-electron chi connectivity index (χ4n) is 2.36. The topological polar surface area (TPSA) is 46.9 Å². The largest absolute Gasteiger partial charge is 0.350 e. The van der Waals surface area contributed by atoms with Gasteiger partial charge in [0.05, 0.1) is 11.0 Å². The van der Waals surface area contributed by atoms with Gasteiger partial charge in [0.2, 0.25) is 0 Å². The molecule has 1 amide bonds. The number of nitrogens with one attached hydrogen (secondary N) is 1. The summed E-state index contributed by atoms with van der Waals surface area (Å²) < 4.78 is 2.18. The van der Waals surface area contributed by atoms with Crippen LogP contribution >= 0.6 is 0 Å². The molecule has 0 aliphatic carbocycles. The number of hydrogen-bond acceptors (Lipinski definition) is 2. The Kier molecular flexibility index (Phi) is 3.60. The summed E-state index contributed by atoms with van der Waals surface area (Å²) in [5.74, 6) is 0.931. The van der Waals surface area contributed by atoms with Crippen molar-refractivity contribution in [3.05, 3.63) is 29.6 Å². The summed E-state index contributed by atoms with van der Waals surface area (Å²) in [5.41, 5.74) is 2.62. The van der Waals surface area contributed by atoms with E-state index in [1.807, 2.05) is 39.0 Å². The first-order chi connectivity index (χ1) is 8.90. The highest BCUT2D eigenvalue weighted by Crippen LogP contribution is 2.21. The van der Waals surface area contributed by atoms with Crippen molar-refractivity contribution in [2.75, 3.05) is 0 Å². The van der Waals surface area contributed by atoms with Gasteiger partial charge < -0.3 is 9.88 Å². The summed E-state index contributed by atoms with van der Waals surface area (Å²) in [7, 11) is 0. The number of amides is 1. The molecule has 0 unspecified atom stereocenters. The van der Waals surface area contributed by atoms with Crippen LogP contribution in [0.2, 0.25) is 0 Å². The van der Waals surface area contributed by atoms with Crippen molar-refractivity contribution >= 4 is 16.9 Å². The normalized spacial score (nSPS) is 11.5. The van der Waals surface area contributed by atoms with Crippen LogP contribution in [0.5, 0.6) is 0 Å². The second kappa shape index (κ2) is 5.03. The fourth-order valence-corrected chi connectivity index (χ4v) is 2.36. The zero-order valence-electron chi connectivity index (χ0n) is 12.2. The number of hydrogen-bond donors (Lipinski definition) is 1. The number of nitrogens with zero attached hydrogens (tertiary/aromatic N) is 2. The maximum absolute atomic E-state index is 12.0. The van der Waals surface area contributed by atoms with E-state index in [1.54, 1.807) is 0 Å². The number of aryl methyl sites for hydroxylation is 1. The van der Waals surface area contributed by atoms with Crippen molar-refractivity contribution in [1.29, 1.82) is 0 Å². The van der Waals surface area contributed by atoms with Gasteiger partial charge in [-0.1, -0.05) is 0 Å². The van der Waals surface area contributed by atoms with Crippen LogP contribution in [0.3, 0.4) is 0 Å². The molecule has 0 bridgehead atoms. The maximum Gasteiger partial charge on any atom is 0.251 e. The summed E-state index contributed by atoms with van der Waals surface area (Å²) in [6, 6.07) is 6.20. The molecule has 0 aliphatic rings. The number of rotatable bonds is 3. The quantitative estimate of drug-likeness (QED) is 0.920. The molecular formula is C15H21N3O. The van der Waals surface area contributed by atoms with E-state index in [0.717, 1.165) is 16.9 Å². The standard InChI is InChI=1S/C15H21N3O/c1-9(2)16-15(19)12-6-7-14-13(8-12)17-11(5)18(14)10(3)4/h6-10H,1-5H3,(H,16,19). The van der Waals surface area contributed by atoms with E-state index in [9.17, 15) is 4.79 Å². The van der Waals surface area contributed by atoms with Crippen molar-refractivity contribution in [2.24, 2.45) is 0 Å². The molecule has 0 saturated carbocycles. The van der Waals surface area contributed by atoms with Gasteiger partial charge in [0, 0.05) is 17.6 Å². The van der Waals surface area contributed by atoms with Crippen LogP contribution in [0.1, 0.15) is 49.9 Å². The molecule has 1 aromatic heterocycles. The molecule has 1 aromatic carbocycles. The van der Waals surface area contributed by atoms with Gasteiger partial charge in [-0.2, -0.15) is 0 Å². The molecule has 4 nitrogen and oxygen atoms in total. The molecule has 1 heterocycles. The minimum absolute atomic E-state index is 0.0475. The molecule has 102 valence electrons. The summed E-state index contributed by atoms with van der Waals surface area (Å²) >= 11 is 0. The first-order valence-electron chi connectivity index (χ1n) is 6.69. The fraction of sp³-hybridized carbons (Fsp3) is 0.467. The van der Waals surface area contributed by atoms with E-state index < -0.39 is 0 Å². The third kappa shape index (κ3) is 2.62. The highest BCUT2D eigenvalue weighted by Gasteiger charge is 2.13. The number of carbonyl (C=O) groups excluding carboxylic acids is 1. The second-order valence-corrected chi connectivity index (χ2v) is 5.45. The van der Waals surface area contributed by atoms with Crippen LogP contribution in [0, 0.1) is 6.92 Å². The van der Waals surface area contributed by atoms with Crippen LogP contribution in [0.15, 0.2) is 18.2 Å². The number of benzene rings is 1. The van der Waals surface area contributed by atoms with Gasteiger partial charge in [0.15, 0.2) is 0 Å². The van der Waals surface area contributed by atoms with E-state index in [4.69, 9.17) is 0 Å². The maximum atomic E-state index is 12.0. The Bertz CT molecular complexity index is 611. The van der Waals surface area contributed by atoms with Crippen LogP contribution < -0.4 is 5.32 Å². The van der Waals surface area contributed by atoms with Gasteiger partial charge in [0.1, 0.15) is 5.82 Å². The highest BCUT2D eigenvalue weighted by atomic mass is 16.1. The molecule has 2 rings (SSSR count). The molecule has 4 heteroatoms. The minimum atomic E-state index is -0.0475. The Morgan fingerprint density at radius 2 is 1.95 bits per heavy atom. The van der Waals surface area contributed by atoms with Crippen LogP contribution in [-0.4, -0.2) is 21.5 Å². The van der Waals surface area contributed by atoms with Gasteiger partial charge in [-0.05, 0) is 52.8 Å². The number of carbonyl (C=O) groups is 1. The van der Waals surface area contributed by atoms with Crippen LogP contribution in [0.4, 0.5) is 0 Å². The van der Waals surface area contributed by atoms with Crippen molar-refractivity contribution in [2.45, 2.75) is 46.7 Å². The third-order valence-corrected chi connectivity index (χ3v) is 3.06. The second-order valence-electron chi connectivity index (χ2n) is 5.45. The van der Waals surface area contributed by atoms with Crippen LogP contribution in [0.25, 0.3) is 11.0 Å². The van der Waals surface area contributed by atoms with Gasteiger partial charge in [-0.15, -0.1) is 0 Å². The van der Waals surface area contributed by atoms with Gasteiger partial charge in [0.25, 0.3) is 5.91 Å². The van der Waals surface area contributed by atoms with Crippen LogP contribution in [-0.2, 0) is 0 Å². The monoisotopic (exact) mass is 259 g/mol.